The molecule has 154 valence electrons. The summed E-state index contributed by atoms with van der Waals surface area (Å²) in [6, 6.07) is 14.1. The number of fused-ring (bicyclic) bond motifs is 1. The van der Waals surface area contributed by atoms with Crippen LogP contribution in [-0.2, 0) is 21.2 Å². The third kappa shape index (κ3) is 4.84. The van der Waals surface area contributed by atoms with Crippen LogP contribution in [0.5, 0.6) is 0 Å². The Kier molecular flexibility index (Phi) is 5.80. The van der Waals surface area contributed by atoms with Crippen LogP contribution in [0.1, 0.15) is 17.7 Å². The van der Waals surface area contributed by atoms with Gasteiger partial charge in [0, 0.05) is 11.8 Å². The molecule has 0 unspecified atom stereocenters. The average molecular weight is 459 g/mol. The normalized spacial score (nSPS) is 11.5. The quantitative estimate of drug-likeness (QED) is 0.427. The number of aryl methyl sites for hydroxylation is 2. The maximum atomic E-state index is 12.4. The van der Waals surface area contributed by atoms with E-state index in [9.17, 15) is 13.2 Å². The van der Waals surface area contributed by atoms with Crippen molar-refractivity contribution in [3.05, 3.63) is 65.2 Å². The van der Waals surface area contributed by atoms with Gasteiger partial charge in [-0.3, -0.25) is 9.52 Å². The van der Waals surface area contributed by atoms with Gasteiger partial charge in [-0.25, -0.2) is 18.4 Å². The number of sulfonamides is 1. The molecule has 2 heterocycles. The van der Waals surface area contributed by atoms with Gasteiger partial charge in [0.05, 0.1) is 20.8 Å². The van der Waals surface area contributed by atoms with Crippen molar-refractivity contribution < 1.29 is 13.2 Å². The molecular formula is C20H18N4O3S3. The summed E-state index contributed by atoms with van der Waals surface area (Å²) in [6.45, 7) is 2.01. The van der Waals surface area contributed by atoms with Gasteiger partial charge in [0.15, 0.2) is 10.3 Å². The Hall–Kier alpha value is -2.82. The summed E-state index contributed by atoms with van der Waals surface area (Å²) in [4.78, 5) is 21.1. The zero-order chi connectivity index (χ0) is 21.1. The lowest BCUT2D eigenvalue weighted by Gasteiger charge is -2.04. The third-order valence-corrected chi connectivity index (χ3v) is 7.45. The molecule has 2 N–H and O–H groups in total. The molecule has 4 aromatic rings. The molecule has 0 fully saturated rings. The number of thiazole rings is 2. The van der Waals surface area contributed by atoms with Crippen LogP contribution in [0.4, 0.5) is 10.3 Å². The summed E-state index contributed by atoms with van der Waals surface area (Å²) in [5.74, 6) is -0.162. The predicted molar refractivity (Wildman–Crippen MR) is 121 cm³/mol. The van der Waals surface area contributed by atoms with E-state index in [0.29, 0.717) is 17.2 Å². The van der Waals surface area contributed by atoms with E-state index < -0.39 is 10.0 Å². The zero-order valence-corrected chi connectivity index (χ0v) is 18.4. The highest BCUT2D eigenvalue weighted by Gasteiger charge is 2.16. The van der Waals surface area contributed by atoms with Gasteiger partial charge in [-0.05, 0) is 43.2 Å². The van der Waals surface area contributed by atoms with E-state index >= 15 is 0 Å². The third-order valence-electron chi connectivity index (χ3n) is 4.23. The Bertz CT molecular complexity index is 1300. The van der Waals surface area contributed by atoms with E-state index in [1.54, 1.807) is 23.6 Å². The van der Waals surface area contributed by atoms with Crippen LogP contribution in [-0.4, -0.2) is 24.3 Å². The van der Waals surface area contributed by atoms with Crippen LogP contribution < -0.4 is 10.0 Å². The molecule has 0 bridgehead atoms. The van der Waals surface area contributed by atoms with E-state index in [2.05, 4.69) is 20.0 Å². The molecule has 0 atom stereocenters. The molecule has 0 spiro atoms. The number of amides is 1. The minimum absolute atomic E-state index is 0.162. The Morgan fingerprint density at radius 1 is 1.07 bits per heavy atom. The SMILES string of the molecule is Cc1ccc2nc(NC(=O)CCc3csc(NS(=O)(=O)c4ccccc4)n3)sc2c1. The fourth-order valence-corrected chi connectivity index (χ4v) is 5.75. The highest BCUT2D eigenvalue weighted by molar-refractivity contribution is 7.93. The smallest absolute Gasteiger partial charge is 0.263 e. The Balaban J connectivity index is 1.34. The zero-order valence-electron chi connectivity index (χ0n) is 16.0. The number of carbonyl (C=O) groups excluding carboxylic acids is 1. The second-order valence-corrected chi connectivity index (χ2v) is 10.2. The van der Waals surface area contributed by atoms with Crippen LogP contribution in [0.2, 0.25) is 0 Å². The molecule has 4 rings (SSSR count). The molecule has 0 aliphatic rings. The number of aromatic nitrogens is 2. The van der Waals surface area contributed by atoms with Gasteiger partial charge in [-0.2, -0.15) is 0 Å². The Morgan fingerprint density at radius 2 is 1.87 bits per heavy atom. The molecule has 2 aromatic heterocycles. The fourth-order valence-electron chi connectivity index (χ4n) is 2.75. The van der Waals surface area contributed by atoms with E-state index in [1.807, 2.05) is 25.1 Å². The number of hydrogen-bond acceptors (Lipinski definition) is 7. The monoisotopic (exact) mass is 458 g/mol. The largest absolute Gasteiger partial charge is 0.302 e. The first kappa shape index (κ1) is 20.5. The number of nitrogens with one attached hydrogen (secondary N) is 2. The van der Waals surface area contributed by atoms with Crippen molar-refractivity contribution >= 4 is 59.1 Å². The number of carbonyl (C=O) groups is 1. The maximum absolute atomic E-state index is 12.4. The number of nitrogens with zero attached hydrogens (tertiary/aromatic N) is 2. The molecule has 30 heavy (non-hydrogen) atoms. The van der Waals surface area contributed by atoms with Gasteiger partial charge in [-0.15, -0.1) is 11.3 Å². The first-order chi connectivity index (χ1) is 14.4. The topological polar surface area (TPSA) is 101 Å². The second-order valence-electron chi connectivity index (χ2n) is 6.60. The summed E-state index contributed by atoms with van der Waals surface area (Å²) in [5, 5.41) is 5.41. The number of hydrogen-bond donors (Lipinski definition) is 2. The second kappa shape index (κ2) is 8.50. The van der Waals surface area contributed by atoms with Gasteiger partial charge < -0.3 is 5.32 Å². The maximum Gasteiger partial charge on any atom is 0.263 e. The van der Waals surface area contributed by atoms with Crippen LogP contribution >= 0.6 is 22.7 Å². The first-order valence-electron chi connectivity index (χ1n) is 9.08. The van der Waals surface area contributed by atoms with Gasteiger partial charge in [0.2, 0.25) is 5.91 Å². The number of benzene rings is 2. The summed E-state index contributed by atoms with van der Waals surface area (Å²) in [7, 11) is -3.68. The van der Waals surface area contributed by atoms with E-state index in [4.69, 9.17) is 0 Å². The summed E-state index contributed by atoms with van der Waals surface area (Å²) in [5.41, 5.74) is 2.66. The molecule has 0 saturated heterocycles. The van der Waals surface area contributed by atoms with E-state index in [0.717, 1.165) is 15.8 Å². The molecule has 10 heteroatoms. The van der Waals surface area contributed by atoms with Gasteiger partial charge in [0.25, 0.3) is 10.0 Å². The van der Waals surface area contributed by atoms with Crippen LogP contribution in [0.25, 0.3) is 10.2 Å². The molecule has 0 radical (unpaired) electrons. The highest BCUT2D eigenvalue weighted by atomic mass is 32.2. The molecule has 7 nitrogen and oxygen atoms in total. The van der Waals surface area contributed by atoms with Gasteiger partial charge in [0.1, 0.15) is 0 Å². The molecule has 0 saturated carbocycles. The van der Waals surface area contributed by atoms with Crippen molar-refractivity contribution in [2.75, 3.05) is 10.0 Å². The lowest BCUT2D eigenvalue weighted by Crippen LogP contribution is -2.13. The Labute approximate surface area is 181 Å². The summed E-state index contributed by atoms with van der Waals surface area (Å²) >= 11 is 2.62. The van der Waals surface area contributed by atoms with Crippen LogP contribution in [0.3, 0.4) is 0 Å². The van der Waals surface area contributed by atoms with Crippen molar-refractivity contribution in [3.63, 3.8) is 0 Å². The minimum Gasteiger partial charge on any atom is -0.302 e. The summed E-state index contributed by atoms with van der Waals surface area (Å²) < 4.78 is 28.2. The predicted octanol–water partition coefficient (Wildman–Crippen LogP) is 4.43. The van der Waals surface area contributed by atoms with Crippen LogP contribution in [0, 0.1) is 6.92 Å². The number of anilines is 2. The van der Waals surface area contributed by atoms with Gasteiger partial charge >= 0.3 is 0 Å². The van der Waals surface area contributed by atoms with Crippen LogP contribution in [0.15, 0.2) is 58.8 Å². The van der Waals surface area contributed by atoms with Crippen molar-refractivity contribution in [1.29, 1.82) is 0 Å². The van der Waals surface area contributed by atoms with Crippen molar-refractivity contribution in [1.82, 2.24) is 9.97 Å². The molecule has 1 amide bonds. The number of rotatable bonds is 7. The standard InChI is InChI=1S/C20H18N4O3S3/c1-13-7-9-16-17(11-13)29-19(22-16)23-18(25)10-8-14-12-28-20(21-14)24-30(26,27)15-5-3-2-4-6-15/h2-7,9,11-12H,8,10H2,1H3,(H,21,24)(H,22,23,25). The van der Waals surface area contributed by atoms with Crippen molar-refractivity contribution in [3.8, 4) is 0 Å². The van der Waals surface area contributed by atoms with Crippen molar-refractivity contribution in [2.45, 2.75) is 24.7 Å². The lowest BCUT2D eigenvalue weighted by atomic mass is 10.2. The lowest BCUT2D eigenvalue weighted by molar-refractivity contribution is -0.116. The first-order valence-corrected chi connectivity index (χ1v) is 12.3. The van der Waals surface area contributed by atoms with E-state index in [-0.39, 0.29) is 22.4 Å². The Morgan fingerprint density at radius 3 is 2.67 bits per heavy atom. The minimum atomic E-state index is -3.68. The van der Waals surface area contributed by atoms with E-state index in [1.165, 1.54) is 34.8 Å². The fraction of sp³-hybridized carbons (Fsp3) is 0.150. The molecular weight excluding hydrogens is 440 g/mol. The molecule has 0 aliphatic heterocycles. The van der Waals surface area contributed by atoms with Crippen molar-refractivity contribution in [2.24, 2.45) is 0 Å². The molecule has 2 aromatic carbocycles. The average Bonchev–Trinajstić information content (AvgIpc) is 3.32. The van der Waals surface area contributed by atoms with Gasteiger partial charge in [-0.1, -0.05) is 35.6 Å². The summed E-state index contributed by atoms with van der Waals surface area (Å²) in [6.07, 6.45) is 0.628. The molecule has 0 aliphatic carbocycles. The highest BCUT2D eigenvalue weighted by Crippen LogP contribution is 2.27.